The van der Waals surface area contributed by atoms with E-state index in [2.05, 4.69) is 47.2 Å². The highest BCUT2D eigenvalue weighted by molar-refractivity contribution is 5.88. The molecule has 1 aliphatic rings. The van der Waals surface area contributed by atoms with Crippen LogP contribution in [-0.4, -0.2) is 50.4 Å². The molecule has 0 unspecified atom stereocenters. The number of nitrogens with one attached hydrogen (secondary N) is 1. The lowest BCUT2D eigenvalue weighted by molar-refractivity contribution is -0.129. The maximum absolute atomic E-state index is 12.2. The molecule has 3 rings (SSSR count). The van der Waals surface area contributed by atoms with Gasteiger partial charge in [-0.15, -0.1) is 0 Å². The SMILES string of the molecule is C=CC(=O)N1C[C@H](N(c2ncnc3[nH]ccc23)C(C)C)CC[C@@H]1C. The number of anilines is 1. The van der Waals surface area contributed by atoms with E-state index in [9.17, 15) is 4.79 Å². The molecule has 1 fully saturated rings. The van der Waals surface area contributed by atoms with E-state index >= 15 is 0 Å². The van der Waals surface area contributed by atoms with Gasteiger partial charge in [-0.1, -0.05) is 6.58 Å². The summed E-state index contributed by atoms with van der Waals surface area (Å²) in [7, 11) is 0. The number of hydrogen-bond donors (Lipinski definition) is 1. The van der Waals surface area contributed by atoms with E-state index in [-0.39, 0.29) is 24.0 Å². The number of fused-ring (bicyclic) bond motifs is 1. The van der Waals surface area contributed by atoms with Gasteiger partial charge in [-0.2, -0.15) is 0 Å². The maximum Gasteiger partial charge on any atom is 0.246 e. The Bertz CT molecular complexity index is 738. The molecule has 6 nitrogen and oxygen atoms in total. The van der Waals surface area contributed by atoms with E-state index in [1.54, 1.807) is 6.33 Å². The van der Waals surface area contributed by atoms with E-state index in [0.29, 0.717) is 6.54 Å². The van der Waals surface area contributed by atoms with Crippen molar-refractivity contribution in [3.8, 4) is 0 Å². The first-order valence-corrected chi connectivity index (χ1v) is 8.52. The fourth-order valence-electron chi connectivity index (χ4n) is 3.64. The molecule has 0 saturated carbocycles. The van der Waals surface area contributed by atoms with Crippen molar-refractivity contribution < 1.29 is 4.79 Å². The van der Waals surface area contributed by atoms with Gasteiger partial charge in [0.05, 0.1) is 5.39 Å². The third kappa shape index (κ3) is 2.88. The first kappa shape index (κ1) is 16.5. The van der Waals surface area contributed by atoms with Gasteiger partial charge in [-0.3, -0.25) is 4.79 Å². The third-order valence-corrected chi connectivity index (χ3v) is 4.84. The standard InChI is InChI=1S/C18H25N5O/c1-5-16(24)22-10-14(7-6-13(22)4)23(12(2)3)18-15-8-9-19-17(15)20-11-21-18/h5,8-9,11-14H,1,6-7,10H2,2-4H3,(H,19,20,21)/t13-,14+/m0/s1. The number of aromatic amines is 1. The number of carbonyl (C=O) groups is 1. The summed E-state index contributed by atoms with van der Waals surface area (Å²) in [6.07, 6.45) is 6.91. The van der Waals surface area contributed by atoms with Crippen LogP contribution in [-0.2, 0) is 4.79 Å². The predicted molar refractivity (Wildman–Crippen MR) is 95.9 cm³/mol. The third-order valence-electron chi connectivity index (χ3n) is 4.84. The van der Waals surface area contributed by atoms with Gasteiger partial charge >= 0.3 is 0 Å². The highest BCUT2D eigenvalue weighted by Gasteiger charge is 2.33. The molecule has 2 aromatic rings. The van der Waals surface area contributed by atoms with E-state index in [1.807, 2.05) is 17.2 Å². The van der Waals surface area contributed by atoms with Crippen molar-refractivity contribution in [3.05, 3.63) is 31.2 Å². The summed E-state index contributed by atoms with van der Waals surface area (Å²) < 4.78 is 0. The molecule has 1 aliphatic heterocycles. The number of amides is 1. The molecule has 2 aromatic heterocycles. The Morgan fingerprint density at radius 2 is 2.25 bits per heavy atom. The van der Waals surface area contributed by atoms with E-state index in [4.69, 9.17) is 0 Å². The predicted octanol–water partition coefficient (Wildman–Crippen LogP) is 2.74. The highest BCUT2D eigenvalue weighted by Crippen LogP contribution is 2.30. The number of aromatic nitrogens is 3. The molecule has 24 heavy (non-hydrogen) atoms. The summed E-state index contributed by atoms with van der Waals surface area (Å²) >= 11 is 0. The summed E-state index contributed by atoms with van der Waals surface area (Å²) in [6.45, 7) is 10.8. The molecule has 0 radical (unpaired) electrons. The average molecular weight is 327 g/mol. The second-order valence-electron chi connectivity index (χ2n) is 6.71. The van der Waals surface area contributed by atoms with E-state index in [1.165, 1.54) is 6.08 Å². The Kier molecular flexibility index (Phi) is 4.55. The van der Waals surface area contributed by atoms with Crippen LogP contribution in [0.3, 0.4) is 0 Å². The van der Waals surface area contributed by atoms with Crippen LogP contribution in [0.5, 0.6) is 0 Å². The molecule has 0 spiro atoms. The van der Waals surface area contributed by atoms with Crippen molar-refractivity contribution >= 4 is 22.8 Å². The number of H-pyrrole nitrogens is 1. The van der Waals surface area contributed by atoms with Crippen molar-refractivity contribution in [1.29, 1.82) is 0 Å². The van der Waals surface area contributed by atoms with E-state index < -0.39 is 0 Å². The molecule has 128 valence electrons. The van der Waals surface area contributed by atoms with Crippen LogP contribution in [0.4, 0.5) is 5.82 Å². The minimum atomic E-state index is 0.00499. The molecule has 0 aliphatic carbocycles. The van der Waals surface area contributed by atoms with Crippen molar-refractivity contribution in [3.63, 3.8) is 0 Å². The van der Waals surface area contributed by atoms with Crippen LogP contribution >= 0.6 is 0 Å². The van der Waals surface area contributed by atoms with Crippen LogP contribution in [0.2, 0.25) is 0 Å². The first-order valence-electron chi connectivity index (χ1n) is 8.52. The van der Waals surface area contributed by atoms with Crippen LogP contribution in [0.1, 0.15) is 33.6 Å². The molecule has 1 N–H and O–H groups in total. The van der Waals surface area contributed by atoms with Crippen molar-refractivity contribution in [1.82, 2.24) is 19.9 Å². The Morgan fingerprint density at radius 3 is 2.96 bits per heavy atom. The topological polar surface area (TPSA) is 65.1 Å². The number of rotatable bonds is 4. The monoisotopic (exact) mass is 327 g/mol. The fraction of sp³-hybridized carbons (Fsp3) is 0.500. The zero-order chi connectivity index (χ0) is 17.3. The molecular weight excluding hydrogens is 302 g/mol. The zero-order valence-electron chi connectivity index (χ0n) is 14.6. The zero-order valence-corrected chi connectivity index (χ0v) is 14.6. The number of hydrogen-bond acceptors (Lipinski definition) is 4. The normalized spacial score (nSPS) is 21.2. The number of piperidine rings is 1. The maximum atomic E-state index is 12.2. The first-order chi connectivity index (χ1) is 11.5. The van der Waals surface area contributed by atoms with Gasteiger partial charge in [0.1, 0.15) is 17.8 Å². The number of likely N-dealkylation sites (tertiary alicyclic amines) is 1. The van der Waals surface area contributed by atoms with Crippen LogP contribution in [0.25, 0.3) is 11.0 Å². The Hall–Kier alpha value is -2.37. The Morgan fingerprint density at radius 1 is 1.46 bits per heavy atom. The van der Waals surface area contributed by atoms with Crippen molar-refractivity contribution in [2.45, 2.75) is 51.7 Å². The second-order valence-corrected chi connectivity index (χ2v) is 6.71. The lowest BCUT2D eigenvalue weighted by atomic mass is 9.96. The molecule has 3 heterocycles. The van der Waals surface area contributed by atoms with Crippen molar-refractivity contribution in [2.75, 3.05) is 11.4 Å². The molecule has 2 atom stereocenters. The molecule has 6 heteroatoms. The largest absolute Gasteiger partial charge is 0.349 e. The Balaban J connectivity index is 1.95. The smallest absolute Gasteiger partial charge is 0.246 e. The fourth-order valence-corrected chi connectivity index (χ4v) is 3.64. The van der Waals surface area contributed by atoms with Crippen LogP contribution in [0, 0.1) is 0 Å². The van der Waals surface area contributed by atoms with Crippen LogP contribution < -0.4 is 4.90 Å². The molecule has 1 saturated heterocycles. The quantitative estimate of drug-likeness (QED) is 0.877. The van der Waals surface area contributed by atoms with Gasteiger partial charge in [0.15, 0.2) is 0 Å². The lowest BCUT2D eigenvalue weighted by Crippen LogP contribution is -2.54. The summed E-state index contributed by atoms with van der Waals surface area (Å²) in [4.78, 5) is 28.4. The molecule has 0 bridgehead atoms. The molecule has 0 aromatic carbocycles. The average Bonchev–Trinajstić information content (AvgIpc) is 3.05. The van der Waals surface area contributed by atoms with E-state index in [0.717, 1.165) is 29.7 Å². The van der Waals surface area contributed by atoms with Crippen molar-refractivity contribution in [2.24, 2.45) is 0 Å². The summed E-state index contributed by atoms with van der Waals surface area (Å²) in [6, 6.07) is 2.77. The van der Waals surface area contributed by atoms with Gasteiger partial charge in [0.2, 0.25) is 5.91 Å². The summed E-state index contributed by atoms with van der Waals surface area (Å²) in [5.41, 5.74) is 0.842. The van der Waals surface area contributed by atoms with Gasteiger partial charge in [0, 0.05) is 30.9 Å². The molecule has 1 amide bonds. The summed E-state index contributed by atoms with van der Waals surface area (Å²) in [5, 5.41) is 1.02. The summed E-state index contributed by atoms with van der Waals surface area (Å²) in [5.74, 6) is 0.937. The van der Waals surface area contributed by atoms with Gasteiger partial charge in [-0.25, -0.2) is 9.97 Å². The minimum absolute atomic E-state index is 0.00499. The second kappa shape index (κ2) is 6.63. The van der Waals surface area contributed by atoms with Gasteiger partial charge in [0.25, 0.3) is 0 Å². The van der Waals surface area contributed by atoms with Gasteiger partial charge in [-0.05, 0) is 45.8 Å². The Labute approximate surface area is 142 Å². The lowest BCUT2D eigenvalue weighted by Gasteiger charge is -2.44. The minimum Gasteiger partial charge on any atom is -0.349 e. The van der Waals surface area contributed by atoms with Crippen LogP contribution in [0.15, 0.2) is 31.2 Å². The van der Waals surface area contributed by atoms with Gasteiger partial charge < -0.3 is 14.8 Å². The number of carbonyl (C=O) groups excluding carboxylic acids is 1. The highest BCUT2D eigenvalue weighted by atomic mass is 16.2. The molecular formula is C18H25N5O. The number of nitrogens with zero attached hydrogens (tertiary/aromatic N) is 4.